The van der Waals surface area contributed by atoms with Crippen LogP contribution in [0.1, 0.15) is 69.4 Å². The molecule has 2 aliphatic rings. The number of hydrogen-bond donors (Lipinski definition) is 2. The van der Waals surface area contributed by atoms with Crippen molar-refractivity contribution in [3.8, 4) is 0 Å². The van der Waals surface area contributed by atoms with Crippen LogP contribution in [0.15, 0.2) is 29.3 Å². The predicted octanol–water partition coefficient (Wildman–Crippen LogP) is 3.52. The molecule has 2 N–H and O–H groups in total. The van der Waals surface area contributed by atoms with Gasteiger partial charge in [-0.15, -0.1) is 0 Å². The molecule has 2 saturated heterocycles. The number of nitrogens with zero attached hydrogens (tertiary/aromatic N) is 3. The van der Waals surface area contributed by atoms with Gasteiger partial charge in [0.15, 0.2) is 5.96 Å². The van der Waals surface area contributed by atoms with Crippen LogP contribution in [0.4, 0.5) is 0 Å². The normalized spacial score (nSPS) is 18.7. The number of guanidine groups is 1. The van der Waals surface area contributed by atoms with Gasteiger partial charge in [0.1, 0.15) is 0 Å². The van der Waals surface area contributed by atoms with Crippen LogP contribution in [0.2, 0.25) is 0 Å². The Balaban J connectivity index is 1.41. The second-order valence-corrected chi connectivity index (χ2v) is 8.82. The first-order valence-electron chi connectivity index (χ1n) is 12.3. The maximum atomic E-state index is 12.1. The van der Waals surface area contributed by atoms with E-state index >= 15 is 0 Å². The van der Waals surface area contributed by atoms with E-state index in [0.29, 0.717) is 18.9 Å². The molecule has 172 valence electrons. The molecule has 0 aliphatic carbocycles. The molecule has 31 heavy (non-hydrogen) atoms. The van der Waals surface area contributed by atoms with Gasteiger partial charge in [-0.1, -0.05) is 37.1 Å². The van der Waals surface area contributed by atoms with Gasteiger partial charge in [0.25, 0.3) is 0 Å². The summed E-state index contributed by atoms with van der Waals surface area (Å²) >= 11 is 0. The Morgan fingerprint density at radius 2 is 1.65 bits per heavy atom. The van der Waals surface area contributed by atoms with Crippen LogP contribution in [0.5, 0.6) is 0 Å². The zero-order valence-electron chi connectivity index (χ0n) is 19.4. The molecule has 1 amide bonds. The van der Waals surface area contributed by atoms with Crippen molar-refractivity contribution in [1.82, 2.24) is 20.4 Å². The fourth-order valence-corrected chi connectivity index (χ4v) is 4.39. The summed E-state index contributed by atoms with van der Waals surface area (Å²) in [5.74, 6) is 1.17. The monoisotopic (exact) mass is 427 g/mol. The van der Waals surface area contributed by atoms with Gasteiger partial charge in [0.05, 0.1) is 6.54 Å². The van der Waals surface area contributed by atoms with E-state index in [0.717, 1.165) is 57.9 Å². The predicted molar refractivity (Wildman–Crippen MR) is 128 cm³/mol. The number of aliphatic imine (C=N–C) groups is 1. The lowest BCUT2D eigenvalue weighted by Crippen LogP contribution is -2.39. The fraction of sp³-hybridized carbons (Fsp3) is 0.680. The molecule has 1 aromatic rings. The fourth-order valence-electron chi connectivity index (χ4n) is 4.39. The molecule has 0 unspecified atom stereocenters. The van der Waals surface area contributed by atoms with E-state index in [4.69, 9.17) is 4.99 Å². The summed E-state index contributed by atoms with van der Waals surface area (Å²) in [7, 11) is 0. The molecule has 6 heteroatoms. The van der Waals surface area contributed by atoms with Crippen LogP contribution >= 0.6 is 0 Å². The molecular formula is C25H41N5O. The standard InChI is InChI=1S/C25H41N5O/c1-2-26-25(27-15-9-19-30-18-8-3-5-10-24(30)31)28-20-22-11-13-23(14-12-22)21-29-16-6-4-7-17-29/h11-14H,2-10,15-21H2,1H3,(H2,26,27,28). The van der Waals surface area contributed by atoms with Crippen molar-refractivity contribution in [2.45, 2.75) is 71.4 Å². The van der Waals surface area contributed by atoms with Crippen LogP contribution in [0.25, 0.3) is 0 Å². The highest BCUT2D eigenvalue weighted by atomic mass is 16.2. The van der Waals surface area contributed by atoms with Crippen molar-refractivity contribution in [3.63, 3.8) is 0 Å². The lowest BCUT2D eigenvalue weighted by Gasteiger charge is -2.26. The Labute approximate surface area is 188 Å². The highest BCUT2D eigenvalue weighted by molar-refractivity contribution is 5.79. The molecule has 2 aliphatic heterocycles. The molecule has 0 saturated carbocycles. The van der Waals surface area contributed by atoms with E-state index in [1.54, 1.807) is 0 Å². The molecule has 0 bridgehead atoms. The highest BCUT2D eigenvalue weighted by Crippen LogP contribution is 2.14. The summed E-state index contributed by atoms with van der Waals surface area (Å²) in [6.45, 7) is 9.70. The van der Waals surface area contributed by atoms with Crippen LogP contribution < -0.4 is 10.6 Å². The van der Waals surface area contributed by atoms with Gasteiger partial charge in [-0.25, -0.2) is 4.99 Å². The number of amides is 1. The second kappa shape index (κ2) is 13.4. The molecule has 6 nitrogen and oxygen atoms in total. The van der Waals surface area contributed by atoms with Gasteiger partial charge in [0, 0.05) is 39.1 Å². The largest absolute Gasteiger partial charge is 0.357 e. The summed E-state index contributed by atoms with van der Waals surface area (Å²) < 4.78 is 0. The van der Waals surface area contributed by atoms with Crippen LogP contribution in [0, 0.1) is 0 Å². The lowest BCUT2D eigenvalue weighted by atomic mass is 10.1. The van der Waals surface area contributed by atoms with Gasteiger partial charge in [0.2, 0.25) is 5.91 Å². The maximum Gasteiger partial charge on any atom is 0.222 e. The zero-order valence-corrected chi connectivity index (χ0v) is 19.4. The Morgan fingerprint density at radius 3 is 2.42 bits per heavy atom. The van der Waals surface area contributed by atoms with Crippen LogP contribution in [0.3, 0.4) is 0 Å². The van der Waals surface area contributed by atoms with E-state index in [-0.39, 0.29) is 0 Å². The van der Waals surface area contributed by atoms with E-state index in [1.807, 2.05) is 4.90 Å². The maximum absolute atomic E-state index is 12.1. The summed E-state index contributed by atoms with van der Waals surface area (Å²) in [5, 5.41) is 6.75. The van der Waals surface area contributed by atoms with E-state index in [1.165, 1.54) is 49.9 Å². The Morgan fingerprint density at radius 1 is 0.935 bits per heavy atom. The summed E-state index contributed by atoms with van der Waals surface area (Å²) in [6.07, 6.45) is 9.07. The van der Waals surface area contributed by atoms with Crippen LogP contribution in [-0.4, -0.2) is 60.9 Å². The SMILES string of the molecule is CCNC(=NCc1ccc(CN2CCCCC2)cc1)NCCCN1CCCCCC1=O. The number of benzene rings is 1. The smallest absolute Gasteiger partial charge is 0.222 e. The average molecular weight is 428 g/mol. The van der Waals surface area contributed by atoms with Gasteiger partial charge in [-0.3, -0.25) is 9.69 Å². The first-order valence-corrected chi connectivity index (χ1v) is 12.3. The molecule has 0 spiro atoms. The van der Waals surface area contributed by atoms with Crippen molar-refractivity contribution in [1.29, 1.82) is 0 Å². The molecule has 0 atom stereocenters. The van der Waals surface area contributed by atoms with Gasteiger partial charge in [-0.05, 0) is 63.2 Å². The molecule has 2 fully saturated rings. The number of piperidine rings is 1. The second-order valence-electron chi connectivity index (χ2n) is 8.82. The Bertz CT molecular complexity index is 682. The molecular weight excluding hydrogens is 386 g/mol. The van der Waals surface area contributed by atoms with Crippen LogP contribution in [-0.2, 0) is 17.9 Å². The van der Waals surface area contributed by atoms with Gasteiger partial charge < -0.3 is 15.5 Å². The van der Waals surface area contributed by atoms with E-state index < -0.39 is 0 Å². The quantitative estimate of drug-likeness (QED) is 0.360. The third kappa shape index (κ3) is 8.52. The molecule has 0 radical (unpaired) electrons. The van der Waals surface area contributed by atoms with Crippen molar-refractivity contribution in [2.75, 3.05) is 39.3 Å². The highest BCUT2D eigenvalue weighted by Gasteiger charge is 2.15. The summed E-state index contributed by atoms with van der Waals surface area (Å²) in [5.41, 5.74) is 2.62. The molecule has 2 heterocycles. The topological polar surface area (TPSA) is 60.0 Å². The third-order valence-electron chi connectivity index (χ3n) is 6.21. The number of nitrogens with one attached hydrogen (secondary N) is 2. The van der Waals surface area contributed by atoms with Gasteiger partial charge >= 0.3 is 0 Å². The summed E-state index contributed by atoms with van der Waals surface area (Å²) in [6, 6.07) is 8.91. The number of rotatable bonds is 9. The minimum atomic E-state index is 0.321. The molecule has 1 aromatic carbocycles. The Kier molecular flexibility index (Phi) is 10.2. The zero-order chi connectivity index (χ0) is 21.7. The number of carbonyl (C=O) groups is 1. The minimum Gasteiger partial charge on any atom is -0.357 e. The van der Waals surface area contributed by atoms with Crippen molar-refractivity contribution in [2.24, 2.45) is 4.99 Å². The first-order chi connectivity index (χ1) is 15.2. The van der Waals surface area contributed by atoms with E-state index in [9.17, 15) is 4.79 Å². The Hall–Kier alpha value is -2.08. The van der Waals surface area contributed by atoms with Crippen molar-refractivity contribution >= 4 is 11.9 Å². The average Bonchev–Trinajstić information content (AvgIpc) is 3.00. The molecule has 0 aromatic heterocycles. The number of carbonyl (C=O) groups excluding carboxylic acids is 1. The van der Waals surface area contributed by atoms with Crippen molar-refractivity contribution < 1.29 is 4.79 Å². The van der Waals surface area contributed by atoms with Crippen molar-refractivity contribution in [3.05, 3.63) is 35.4 Å². The summed E-state index contributed by atoms with van der Waals surface area (Å²) in [4.78, 5) is 21.4. The third-order valence-corrected chi connectivity index (χ3v) is 6.21. The minimum absolute atomic E-state index is 0.321. The number of likely N-dealkylation sites (tertiary alicyclic amines) is 2. The van der Waals surface area contributed by atoms with Gasteiger partial charge in [-0.2, -0.15) is 0 Å². The van der Waals surface area contributed by atoms with E-state index in [2.05, 4.69) is 46.7 Å². The first kappa shape index (κ1) is 23.6. The molecule has 3 rings (SSSR count). The lowest BCUT2D eigenvalue weighted by molar-refractivity contribution is -0.130. The number of hydrogen-bond acceptors (Lipinski definition) is 3.